The van der Waals surface area contributed by atoms with E-state index < -0.39 is 12.0 Å². The van der Waals surface area contributed by atoms with E-state index in [0.29, 0.717) is 5.56 Å². The molecule has 0 amide bonds. The van der Waals surface area contributed by atoms with Crippen LogP contribution >= 0.6 is 0 Å². The molecule has 1 aliphatic heterocycles. The van der Waals surface area contributed by atoms with Gasteiger partial charge in [0, 0.05) is 25.2 Å². The van der Waals surface area contributed by atoms with Crippen LogP contribution in [0.1, 0.15) is 18.4 Å². The molecule has 0 radical (unpaired) electrons. The van der Waals surface area contributed by atoms with Gasteiger partial charge in [-0.15, -0.1) is 0 Å². The number of halogens is 1. The molecule has 18 heavy (non-hydrogen) atoms. The Morgan fingerprint density at radius 2 is 2.11 bits per heavy atom. The van der Waals surface area contributed by atoms with E-state index in [1.165, 1.54) is 6.07 Å². The third-order valence-corrected chi connectivity index (χ3v) is 3.26. The third kappa shape index (κ3) is 2.79. The number of hydrogen-bond donors (Lipinski definition) is 2. The van der Waals surface area contributed by atoms with Crippen LogP contribution in [0.2, 0.25) is 0 Å². The van der Waals surface area contributed by atoms with Gasteiger partial charge in [-0.25, -0.2) is 4.39 Å². The van der Waals surface area contributed by atoms with Crippen molar-refractivity contribution in [3.63, 3.8) is 0 Å². The Hall–Kier alpha value is -1.62. The van der Waals surface area contributed by atoms with Gasteiger partial charge >= 0.3 is 5.97 Å². The van der Waals surface area contributed by atoms with Crippen molar-refractivity contribution in [2.45, 2.75) is 25.3 Å². The first-order chi connectivity index (χ1) is 8.58. The standard InChI is InChI=1S/C13H17FN2O2/c14-11-8-10(16-5-1-2-6-16)4-3-9(11)7-12(15)13(17)18/h3-4,8,12H,1-2,5-7,15H2,(H,17,18). The summed E-state index contributed by atoms with van der Waals surface area (Å²) < 4.78 is 13.9. The first-order valence-electron chi connectivity index (χ1n) is 6.09. The molecule has 0 bridgehead atoms. The second kappa shape index (κ2) is 5.35. The summed E-state index contributed by atoms with van der Waals surface area (Å²) in [5.41, 5.74) is 6.61. The number of carboxylic acids is 1. The number of benzene rings is 1. The molecule has 0 saturated carbocycles. The minimum atomic E-state index is -1.11. The summed E-state index contributed by atoms with van der Waals surface area (Å²) >= 11 is 0. The van der Waals surface area contributed by atoms with Crippen LogP contribution in [0.25, 0.3) is 0 Å². The molecule has 3 N–H and O–H groups in total. The molecule has 5 heteroatoms. The fourth-order valence-electron chi connectivity index (χ4n) is 2.20. The third-order valence-electron chi connectivity index (χ3n) is 3.26. The molecule has 1 aromatic rings. The van der Waals surface area contributed by atoms with Crippen molar-refractivity contribution >= 4 is 11.7 Å². The van der Waals surface area contributed by atoms with Crippen molar-refractivity contribution in [1.82, 2.24) is 0 Å². The van der Waals surface area contributed by atoms with Crippen LogP contribution in [-0.2, 0) is 11.2 Å². The first kappa shape index (κ1) is 12.8. The maximum atomic E-state index is 13.9. The number of hydrogen-bond acceptors (Lipinski definition) is 3. The number of anilines is 1. The second-order valence-corrected chi connectivity index (χ2v) is 4.62. The topological polar surface area (TPSA) is 66.6 Å². The number of carbonyl (C=O) groups is 1. The van der Waals surface area contributed by atoms with E-state index in [1.54, 1.807) is 6.07 Å². The quantitative estimate of drug-likeness (QED) is 0.849. The van der Waals surface area contributed by atoms with Crippen molar-refractivity contribution < 1.29 is 14.3 Å². The minimum absolute atomic E-state index is 0.0153. The van der Waals surface area contributed by atoms with Crippen molar-refractivity contribution in [3.05, 3.63) is 29.6 Å². The smallest absolute Gasteiger partial charge is 0.320 e. The van der Waals surface area contributed by atoms with Gasteiger partial charge < -0.3 is 15.7 Å². The first-order valence-corrected chi connectivity index (χ1v) is 6.09. The Balaban J connectivity index is 2.12. The molecule has 1 heterocycles. The Bertz CT molecular complexity index is 445. The molecule has 0 spiro atoms. The Labute approximate surface area is 105 Å². The zero-order chi connectivity index (χ0) is 13.1. The summed E-state index contributed by atoms with van der Waals surface area (Å²) in [5, 5.41) is 8.71. The second-order valence-electron chi connectivity index (χ2n) is 4.62. The fourth-order valence-corrected chi connectivity index (χ4v) is 2.20. The summed E-state index contributed by atoms with van der Waals surface area (Å²) in [4.78, 5) is 12.8. The van der Waals surface area contributed by atoms with Gasteiger partial charge in [0.25, 0.3) is 0 Å². The van der Waals surface area contributed by atoms with E-state index in [4.69, 9.17) is 10.8 Å². The summed E-state index contributed by atoms with van der Waals surface area (Å²) in [5.74, 6) is -1.49. The molecule has 0 aromatic heterocycles. The summed E-state index contributed by atoms with van der Waals surface area (Å²) in [6.45, 7) is 1.90. The largest absolute Gasteiger partial charge is 0.480 e. The van der Waals surface area contributed by atoms with Gasteiger partial charge in [-0.2, -0.15) is 0 Å². The number of nitrogens with two attached hydrogens (primary N) is 1. The van der Waals surface area contributed by atoms with Gasteiger partial charge in [0.1, 0.15) is 11.9 Å². The highest BCUT2D eigenvalue weighted by molar-refractivity contribution is 5.73. The van der Waals surface area contributed by atoms with Gasteiger partial charge in [0.15, 0.2) is 0 Å². The maximum absolute atomic E-state index is 13.9. The molecule has 4 nitrogen and oxygen atoms in total. The summed E-state index contributed by atoms with van der Waals surface area (Å²) in [7, 11) is 0. The van der Waals surface area contributed by atoms with E-state index in [1.807, 2.05) is 6.07 Å². The van der Waals surface area contributed by atoms with E-state index in [-0.39, 0.29) is 12.2 Å². The predicted molar refractivity (Wildman–Crippen MR) is 67.2 cm³/mol. The fraction of sp³-hybridized carbons (Fsp3) is 0.462. The lowest BCUT2D eigenvalue weighted by atomic mass is 10.1. The van der Waals surface area contributed by atoms with E-state index in [2.05, 4.69) is 4.90 Å². The molecule has 0 aliphatic carbocycles. The number of rotatable bonds is 4. The lowest BCUT2D eigenvalue weighted by Crippen LogP contribution is -2.32. The maximum Gasteiger partial charge on any atom is 0.320 e. The summed E-state index contributed by atoms with van der Waals surface area (Å²) in [6.07, 6.45) is 2.28. The highest BCUT2D eigenvalue weighted by Crippen LogP contribution is 2.23. The number of nitrogens with zero attached hydrogens (tertiary/aromatic N) is 1. The minimum Gasteiger partial charge on any atom is -0.480 e. The van der Waals surface area contributed by atoms with Crippen LogP contribution in [0, 0.1) is 5.82 Å². The monoisotopic (exact) mass is 252 g/mol. The molecule has 1 unspecified atom stereocenters. The van der Waals surface area contributed by atoms with Gasteiger partial charge in [0.05, 0.1) is 0 Å². The van der Waals surface area contributed by atoms with Crippen LogP contribution in [0.5, 0.6) is 0 Å². The van der Waals surface area contributed by atoms with E-state index in [0.717, 1.165) is 31.6 Å². The van der Waals surface area contributed by atoms with Crippen molar-refractivity contribution in [2.24, 2.45) is 5.73 Å². The van der Waals surface area contributed by atoms with Gasteiger partial charge in [-0.05, 0) is 30.5 Å². The SMILES string of the molecule is NC(Cc1ccc(N2CCCC2)cc1F)C(=O)O. The van der Waals surface area contributed by atoms with Crippen LogP contribution in [0.3, 0.4) is 0 Å². The number of carboxylic acid groups (broad SMARTS) is 1. The van der Waals surface area contributed by atoms with Crippen LogP contribution < -0.4 is 10.6 Å². The molecule has 1 atom stereocenters. The van der Waals surface area contributed by atoms with Gasteiger partial charge in [-0.1, -0.05) is 6.07 Å². The van der Waals surface area contributed by atoms with E-state index in [9.17, 15) is 9.18 Å². The highest BCUT2D eigenvalue weighted by atomic mass is 19.1. The highest BCUT2D eigenvalue weighted by Gasteiger charge is 2.17. The predicted octanol–water partition coefficient (Wildman–Crippen LogP) is 1.38. The van der Waals surface area contributed by atoms with Crippen molar-refractivity contribution in [1.29, 1.82) is 0 Å². The molecular weight excluding hydrogens is 235 g/mol. The summed E-state index contributed by atoms with van der Waals surface area (Å²) in [6, 6.07) is 3.87. The zero-order valence-corrected chi connectivity index (χ0v) is 10.1. The Kier molecular flexibility index (Phi) is 3.81. The molecule has 1 fully saturated rings. The van der Waals surface area contributed by atoms with Gasteiger partial charge in [0.2, 0.25) is 0 Å². The normalized spacial score (nSPS) is 16.9. The molecule has 2 rings (SSSR count). The van der Waals surface area contributed by atoms with E-state index >= 15 is 0 Å². The number of aliphatic carboxylic acids is 1. The van der Waals surface area contributed by atoms with Gasteiger partial charge in [-0.3, -0.25) is 4.79 Å². The molecule has 1 saturated heterocycles. The van der Waals surface area contributed by atoms with Crippen LogP contribution in [-0.4, -0.2) is 30.2 Å². The van der Waals surface area contributed by atoms with Crippen LogP contribution in [0.4, 0.5) is 10.1 Å². The lowest BCUT2D eigenvalue weighted by Gasteiger charge is -2.18. The molecule has 1 aromatic carbocycles. The Morgan fingerprint density at radius 1 is 1.44 bits per heavy atom. The lowest BCUT2D eigenvalue weighted by molar-refractivity contribution is -0.138. The van der Waals surface area contributed by atoms with Crippen molar-refractivity contribution in [3.8, 4) is 0 Å². The Morgan fingerprint density at radius 3 is 2.67 bits per heavy atom. The molecule has 1 aliphatic rings. The van der Waals surface area contributed by atoms with Crippen LogP contribution in [0.15, 0.2) is 18.2 Å². The zero-order valence-electron chi connectivity index (χ0n) is 10.1. The average Bonchev–Trinajstić information content (AvgIpc) is 2.85. The molecule has 98 valence electrons. The molecular formula is C13H17FN2O2. The average molecular weight is 252 g/mol. The van der Waals surface area contributed by atoms with Crippen molar-refractivity contribution in [2.75, 3.05) is 18.0 Å².